The fraction of sp³-hybridized carbons (Fsp3) is 1.00. The van der Waals surface area contributed by atoms with Gasteiger partial charge < -0.3 is 15.1 Å². The molecule has 2 N–H and O–H groups in total. The van der Waals surface area contributed by atoms with Crippen LogP contribution >= 0.6 is 0 Å². The van der Waals surface area contributed by atoms with Gasteiger partial charge in [-0.25, -0.2) is 0 Å². The van der Waals surface area contributed by atoms with Crippen LogP contribution < -0.4 is 0 Å². The summed E-state index contributed by atoms with van der Waals surface area (Å²) in [7, 11) is 2.22. The molecule has 1 spiro atoms. The van der Waals surface area contributed by atoms with Crippen LogP contribution in [0.2, 0.25) is 0 Å². The van der Waals surface area contributed by atoms with Crippen LogP contribution in [0.3, 0.4) is 0 Å². The van der Waals surface area contributed by atoms with Crippen LogP contribution in [0.1, 0.15) is 39.0 Å². The molecule has 0 aromatic carbocycles. The van der Waals surface area contributed by atoms with Crippen LogP contribution in [0.5, 0.6) is 0 Å². The average Bonchev–Trinajstić information content (AvgIpc) is 2.83. The van der Waals surface area contributed by atoms with Gasteiger partial charge in [-0.1, -0.05) is 6.92 Å². The maximum atomic E-state index is 10.9. The molecule has 3 nitrogen and oxygen atoms in total. The van der Waals surface area contributed by atoms with E-state index >= 15 is 0 Å². The molecule has 1 aliphatic heterocycles. The van der Waals surface area contributed by atoms with Crippen LogP contribution in [0.4, 0.5) is 0 Å². The molecule has 4 fully saturated rings. The first-order valence-corrected chi connectivity index (χ1v) is 8.57. The highest BCUT2D eigenvalue weighted by atomic mass is 16.3. The van der Waals surface area contributed by atoms with E-state index in [-0.39, 0.29) is 17.6 Å². The van der Waals surface area contributed by atoms with E-state index in [2.05, 4.69) is 18.9 Å². The molecular formula is C17H29NO2. The van der Waals surface area contributed by atoms with Gasteiger partial charge in [-0.15, -0.1) is 0 Å². The summed E-state index contributed by atoms with van der Waals surface area (Å²) in [5, 5.41) is 21.6. The molecule has 0 aromatic rings. The van der Waals surface area contributed by atoms with Gasteiger partial charge in [0.25, 0.3) is 0 Å². The van der Waals surface area contributed by atoms with Crippen LogP contribution in [-0.2, 0) is 0 Å². The third kappa shape index (κ3) is 1.63. The second-order valence-corrected chi connectivity index (χ2v) is 8.41. The summed E-state index contributed by atoms with van der Waals surface area (Å²) in [6.45, 7) is 4.60. The molecule has 20 heavy (non-hydrogen) atoms. The second kappa shape index (κ2) is 4.44. The van der Waals surface area contributed by atoms with Crippen LogP contribution in [0, 0.1) is 35.0 Å². The van der Waals surface area contributed by atoms with E-state index in [1.54, 1.807) is 0 Å². The monoisotopic (exact) mass is 279 g/mol. The Labute approximate surface area is 122 Å². The third-order valence-corrected chi connectivity index (χ3v) is 7.33. The number of rotatable bonds is 0. The van der Waals surface area contributed by atoms with Crippen LogP contribution in [0.15, 0.2) is 0 Å². The van der Waals surface area contributed by atoms with E-state index in [0.29, 0.717) is 29.6 Å². The lowest BCUT2D eigenvalue weighted by Crippen LogP contribution is -2.47. The van der Waals surface area contributed by atoms with Crippen molar-refractivity contribution in [2.75, 3.05) is 20.1 Å². The Balaban J connectivity index is 1.70. The molecule has 3 saturated carbocycles. The largest absolute Gasteiger partial charge is 0.393 e. The van der Waals surface area contributed by atoms with Crippen molar-refractivity contribution in [1.29, 1.82) is 0 Å². The number of aliphatic hydroxyl groups is 2. The summed E-state index contributed by atoms with van der Waals surface area (Å²) in [5.41, 5.74) is 0.0619. The molecule has 0 aromatic heterocycles. The highest BCUT2D eigenvalue weighted by molar-refractivity contribution is 5.16. The zero-order chi connectivity index (χ0) is 14.1. The molecule has 0 bridgehead atoms. The molecular weight excluding hydrogens is 250 g/mol. The van der Waals surface area contributed by atoms with Gasteiger partial charge in [0.15, 0.2) is 0 Å². The van der Waals surface area contributed by atoms with Gasteiger partial charge >= 0.3 is 0 Å². The van der Waals surface area contributed by atoms with E-state index in [9.17, 15) is 10.2 Å². The maximum Gasteiger partial charge on any atom is 0.0605 e. The van der Waals surface area contributed by atoms with Gasteiger partial charge in [0.05, 0.1) is 12.2 Å². The van der Waals surface area contributed by atoms with Gasteiger partial charge in [-0.2, -0.15) is 0 Å². The maximum absolute atomic E-state index is 10.9. The molecule has 1 saturated heterocycles. The van der Waals surface area contributed by atoms with Gasteiger partial charge in [-0.05, 0) is 75.3 Å². The lowest BCUT2D eigenvalue weighted by Gasteiger charge is -2.46. The Kier molecular flexibility index (Phi) is 3.00. The summed E-state index contributed by atoms with van der Waals surface area (Å²) in [5.74, 6) is 2.94. The zero-order valence-corrected chi connectivity index (χ0v) is 12.8. The number of nitrogens with zero attached hydrogens (tertiary/aromatic N) is 1. The summed E-state index contributed by atoms with van der Waals surface area (Å²) in [4.78, 5) is 2.44. The van der Waals surface area contributed by atoms with E-state index in [1.165, 1.54) is 25.8 Å². The van der Waals surface area contributed by atoms with Crippen molar-refractivity contribution in [2.24, 2.45) is 35.0 Å². The molecule has 8 atom stereocenters. The van der Waals surface area contributed by atoms with Crippen LogP contribution in [-0.4, -0.2) is 47.5 Å². The SMILES string of the molecule is C[C@@H]1C[C@H]2C[C@H](O)[C@@H]3[C@H]4CCN(C)C[C@H]4C[C@]23[C@H](O)C1. The number of aliphatic hydroxyl groups excluding tert-OH is 2. The van der Waals surface area contributed by atoms with Gasteiger partial charge in [0.1, 0.15) is 0 Å². The highest BCUT2D eigenvalue weighted by Crippen LogP contribution is 2.68. The van der Waals surface area contributed by atoms with Gasteiger partial charge in [0.2, 0.25) is 0 Å². The predicted molar refractivity (Wildman–Crippen MR) is 78.2 cm³/mol. The molecule has 1 heterocycles. The summed E-state index contributed by atoms with van der Waals surface area (Å²) < 4.78 is 0. The van der Waals surface area contributed by atoms with E-state index < -0.39 is 0 Å². The Bertz CT molecular complexity index is 400. The predicted octanol–water partition coefficient (Wildman–Crippen LogP) is 1.73. The second-order valence-electron chi connectivity index (χ2n) is 8.41. The van der Waals surface area contributed by atoms with Crippen molar-refractivity contribution in [3.05, 3.63) is 0 Å². The van der Waals surface area contributed by atoms with Crippen molar-refractivity contribution in [3.8, 4) is 0 Å². The van der Waals surface area contributed by atoms with E-state index in [4.69, 9.17) is 0 Å². The number of likely N-dealkylation sites (tertiary alicyclic amines) is 1. The Morgan fingerprint density at radius 3 is 2.75 bits per heavy atom. The molecule has 4 aliphatic rings. The first kappa shape index (κ1) is 13.5. The lowest BCUT2D eigenvalue weighted by molar-refractivity contribution is -0.0813. The number of fused-ring (bicyclic) bond motifs is 2. The molecule has 3 heteroatoms. The van der Waals surface area contributed by atoms with Crippen molar-refractivity contribution in [3.63, 3.8) is 0 Å². The van der Waals surface area contributed by atoms with Gasteiger partial charge in [-0.3, -0.25) is 0 Å². The van der Waals surface area contributed by atoms with Crippen molar-refractivity contribution < 1.29 is 10.2 Å². The van der Waals surface area contributed by atoms with Crippen molar-refractivity contribution >= 4 is 0 Å². The number of hydrogen-bond donors (Lipinski definition) is 2. The Morgan fingerprint density at radius 2 is 1.95 bits per heavy atom. The van der Waals surface area contributed by atoms with Gasteiger partial charge in [0, 0.05) is 12.0 Å². The van der Waals surface area contributed by atoms with Crippen LogP contribution in [0.25, 0.3) is 0 Å². The highest BCUT2D eigenvalue weighted by Gasteiger charge is 2.67. The Morgan fingerprint density at radius 1 is 1.15 bits per heavy atom. The minimum atomic E-state index is -0.172. The van der Waals surface area contributed by atoms with Crippen molar-refractivity contribution in [1.82, 2.24) is 4.90 Å². The molecule has 0 unspecified atom stereocenters. The normalized spacial score (nSPS) is 59.1. The molecule has 114 valence electrons. The Hall–Kier alpha value is -0.120. The third-order valence-electron chi connectivity index (χ3n) is 7.33. The summed E-state index contributed by atoms with van der Waals surface area (Å²) in [6, 6.07) is 0. The molecule has 3 aliphatic carbocycles. The minimum absolute atomic E-state index is 0.0619. The number of piperidine rings is 1. The fourth-order valence-electron chi connectivity index (χ4n) is 6.78. The minimum Gasteiger partial charge on any atom is -0.393 e. The summed E-state index contributed by atoms with van der Waals surface area (Å²) >= 11 is 0. The number of hydrogen-bond acceptors (Lipinski definition) is 3. The molecule has 4 rings (SSSR count). The first-order chi connectivity index (χ1) is 9.52. The standard InChI is InChI=1S/C17H29NO2/c1-10-5-12-7-14(19)16-13-3-4-18(2)9-11(13)8-17(12,16)15(20)6-10/h10-16,19-20H,3-9H2,1-2H3/t10-,11-,12+,13+,14+,15-,16+,17-/m1/s1. The topological polar surface area (TPSA) is 43.7 Å². The zero-order valence-electron chi connectivity index (χ0n) is 12.8. The average molecular weight is 279 g/mol. The fourth-order valence-corrected chi connectivity index (χ4v) is 6.78. The molecule has 0 radical (unpaired) electrons. The van der Waals surface area contributed by atoms with Crippen molar-refractivity contribution in [2.45, 2.75) is 51.2 Å². The smallest absolute Gasteiger partial charge is 0.0605 e. The lowest BCUT2D eigenvalue weighted by atomic mass is 9.60. The molecule has 0 amide bonds. The quantitative estimate of drug-likeness (QED) is 0.710. The summed E-state index contributed by atoms with van der Waals surface area (Å²) in [6.07, 6.45) is 5.19. The van der Waals surface area contributed by atoms with E-state index in [0.717, 1.165) is 19.4 Å². The van der Waals surface area contributed by atoms with E-state index in [1.807, 2.05) is 0 Å². The first-order valence-electron chi connectivity index (χ1n) is 8.57.